The maximum atomic E-state index is 12.2. The first-order valence-electron chi connectivity index (χ1n) is 11.6. The molecule has 2 saturated heterocycles. The Balaban J connectivity index is 1.25. The van der Waals surface area contributed by atoms with Crippen molar-refractivity contribution >= 4 is 29.0 Å². The van der Waals surface area contributed by atoms with Crippen LogP contribution in [0.15, 0.2) is 54.7 Å². The van der Waals surface area contributed by atoms with Crippen LogP contribution in [-0.4, -0.2) is 64.5 Å². The lowest BCUT2D eigenvalue weighted by Crippen LogP contribution is -2.54. The normalized spacial score (nSPS) is 16.4. The Morgan fingerprint density at radius 3 is 2.69 bits per heavy atom. The number of hydrogen-bond acceptors (Lipinski definition) is 8. The van der Waals surface area contributed by atoms with Gasteiger partial charge in [0.05, 0.1) is 43.8 Å². The number of benzene rings is 2. The lowest BCUT2D eigenvalue weighted by atomic mass is 10.1. The minimum absolute atomic E-state index is 0.116. The first-order valence-corrected chi connectivity index (χ1v) is 11.6. The number of hydrogen-bond donors (Lipinski definition) is 4. The second-order valence-corrected chi connectivity index (χ2v) is 8.64. The van der Waals surface area contributed by atoms with Crippen molar-refractivity contribution in [3.05, 3.63) is 54.7 Å². The molecule has 2 aliphatic rings. The summed E-state index contributed by atoms with van der Waals surface area (Å²) in [6.45, 7) is 2.10. The Kier molecular flexibility index (Phi) is 6.64. The van der Waals surface area contributed by atoms with Crippen molar-refractivity contribution in [2.75, 3.05) is 42.7 Å². The van der Waals surface area contributed by atoms with E-state index in [1.807, 2.05) is 36.4 Å². The van der Waals surface area contributed by atoms with Crippen molar-refractivity contribution in [3.8, 4) is 17.0 Å². The SMILES string of the molecule is Nc1cc(-c2ccnc(Nc3cccc(NC(=O)N4CC(O)C4)c3)n2)ccc1OC1CCOCC1. The van der Waals surface area contributed by atoms with Gasteiger partial charge in [0, 0.05) is 36.0 Å². The number of nitrogens with one attached hydrogen (secondary N) is 2. The number of rotatable bonds is 6. The number of aliphatic hydroxyl groups excluding tert-OH is 1. The van der Waals surface area contributed by atoms with E-state index in [1.165, 1.54) is 0 Å². The Morgan fingerprint density at radius 1 is 1.11 bits per heavy atom. The molecule has 0 bridgehead atoms. The summed E-state index contributed by atoms with van der Waals surface area (Å²) < 4.78 is 11.4. The highest BCUT2D eigenvalue weighted by Gasteiger charge is 2.28. The number of likely N-dealkylation sites (tertiary alicyclic amines) is 1. The predicted molar refractivity (Wildman–Crippen MR) is 133 cm³/mol. The topological polar surface area (TPSA) is 135 Å². The van der Waals surface area contributed by atoms with Gasteiger partial charge >= 0.3 is 6.03 Å². The third kappa shape index (κ3) is 5.61. The smallest absolute Gasteiger partial charge is 0.322 e. The van der Waals surface area contributed by atoms with Crippen LogP contribution in [0.1, 0.15) is 12.8 Å². The lowest BCUT2D eigenvalue weighted by molar-refractivity contribution is 0.0259. The second-order valence-electron chi connectivity index (χ2n) is 8.64. The lowest BCUT2D eigenvalue weighted by Gasteiger charge is -2.35. The van der Waals surface area contributed by atoms with Crippen molar-refractivity contribution in [2.24, 2.45) is 0 Å². The molecular formula is C25H28N6O4. The van der Waals surface area contributed by atoms with Crippen LogP contribution >= 0.6 is 0 Å². The fourth-order valence-corrected chi connectivity index (χ4v) is 4.00. The summed E-state index contributed by atoms with van der Waals surface area (Å²) >= 11 is 0. The van der Waals surface area contributed by atoms with Gasteiger partial charge in [-0.15, -0.1) is 0 Å². The number of carbonyl (C=O) groups is 1. The van der Waals surface area contributed by atoms with Gasteiger partial charge in [-0.25, -0.2) is 14.8 Å². The minimum Gasteiger partial charge on any atom is -0.488 e. The molecule has 3 aromatic rings. The van der Waals surface area contributed by atoms with Crippen molar-refractivity contribution in [3.63, 3.8) is 0 Å². The van der Waals surface area contributed by atoms with Gasteiger partial charge in [-0.3, -0.25) is 0 Å². The molecule has 3 heterocycles. The van der Waals surface area contributed by atoms with Crippen molar-refractivity contribution < 1.29 is 19.4 Å². The van der Waals surface area contributed by atoms with Crippen LogP contribution in [0.3, 0.4) is 0 Å². The van der Waals surface area contributed by atoms with Crippen molar-refractivity contribution in [2.45, 2.75) is 25.0 Å². The second kappa shape index (κ2) is 10.2. The van der Waals surface area contributed by atoms with Crippen LogP contribution in [0.2, 0.25) is 0 Å². The van der Waals surface area contributed by atoms with E-state index in [2.05, 4.69) is 20.6 Å². The third-order valence-electron chi connectivity index (χ3n) is 5.94. The first-order chi connectivity index (χ1) is 17.0. The number of urea groups is 1. The Bertz CT molecular complexity index is 1190. The van der Waals surface area contributed by atoms with Gasteiger partial charge in [0.2, 0.25) is 5.95 Å². The molecule has 0 aliphatic carbocycles. The highest BCUT2D eigenvalue weighted by Crippen LogP contribution is 2.30. The molecule has 0 saturated carbocycles. The molecule has 10 nitrogen and oxygen atoms in total. The van der Waals surface area contributed by atoms with E-state index in [9.17, 15) is 9.90 Å². The molecule has 0 spiro atoms. The van der Waals surface area contributed by atoms with E-state index < -0.39 is 6.10 Å². The zero-order valence-corrected chi connectivity index (χ0v) is 19.2. The van der Waals surface area contributed by atoms with Crippen LogP contribution in [-0.2, 0) is 4.74 Å². The number of anilines is 4. The van der Waals surface area contributed by atoms with Gasteiger partial charge in [0.1, 0.15) is 11.9 Å². The number of aromatic nitrogens is 2. The number of nitrogens with two attached hydrogens (primary N) is 1. The maximum absolute atomic E-state index is 12.2. The molecule has 2 fully saturated rings. The Hall–Kier alpha value is -3.89. The molecule has 10 heteroatoms. The predicted octanol–water partition coefficient (Wildman–Crippen LogP) is 3.24. The average molecular weight is 477 g/mol. The van der Waals surface area contributed by atoms with Gasteiger partial charge in [-0.05, 0) is 42.5 Å². The van der Waals surface area contributed by atoms with Gasteiger partial charge in [0.25, 0.3) is 0 Å². The molecule has 5 N–H and O–H groups in total. The summed E-state index contributed by atoms with van der Waals surface area (Å²) in [7, 11) is 0. The molecule has 2 amide bonds. The van der Waals surface area contributed by atoms with E-state index in [0.717, 1.165) is 24.1 Å². The van der Waals surface area contributed by atoms with E-state index >= 15 is 0 Å². The van der Waals surface area contributed by atoms with Gasteiger partial charge < -0.3 is 35.8 Å². The number of amides is 2. The molecule has 0 radical (unpaired) electrons. The summed E-state index contributed by atoms with van der Waals surface area (Å²) in [6.07, 6.45) is 3.06. The standard InChI is InChI=1S/C25H28N6O4/c26-21-12-16(4-5-23(21)35-20-7-10-34-11-8-20)22-6-9-27-24(30-22)28-17-2-1-3-18(13-17)29-25(33)31-14-19(32)15-31/h1-6,9,12-13,19-20,32H,7-8,10-11,14-15,26H2,(H,29,33)(H,27,28,30). The molecular weight excluding hydrogens is 448 g/mol. The van der Waals surface area contributed by atoms with Gasteiger partial charge in [-0.2, -0.15) is 0 Å². The number of β-amino-alcohol motifs (C(OH)–C–C–N with tert-alkyl or cyclic N) is 1. The molecule has 0 unspecified atom stereocenters. The maximum Gasteiger partial charge on any atom is 0.322 e. The van der Waals surface area contributed by atoms with Crippen molar-refractivity contribution in [1.82, 2.24) is 14.9 Å². The Labute approximate surface area is 203 Å². The highest BCUT2D eigenvalue weighted by molar-refractivity contribution is 5.90. The number of nitrogen functional groups attached to an aromatic ring is 1. The average Bonchev–Trinajstić information content (AvgIpc) is 2.84. The molecule has 35 heavy (non-hydrogen) atoms. The van der Waals surface area contributed by atoms with Gasteiger partial charge in [-0.1, -0.05) is 6.07 Å². The van der Waals surface area contributed by atoms with E-state index in [1.54, 1.807) is 23.2 Å². The third-order valence-corrected chi connectivity index (χ3v) is 5.94. The number of aliphatic hydroxyl groups is 1. The minimum atomic E-state index is -0.441. The quantitative estimate of drug-likeness (QED) is 0.398. The highest BCUT2D eigenvalue weighted by atomic mass is 16.5. The molecule has 2 aromatic carbocycles. The number of ether oxygens (including phenoxy) is 2. The summed E-state index contributed by atoms with van der Waals surface area (Å²) in [6, 6.07) is 14.5. The zero-order valence-electron chi connectivity index (χ0n) is 19.2. The summed E-state index contributed by atoms with van der Waals surface area (Å²) in [4.78, 5) is 22.7. The van der Waals surface area contributed by atoms with Crippen molar-refractivity contribution in [1.29, 1.82) is 0 Å². The molecule has 182 valence electrons. The molecule has 0 atom stereocenters. The van der Waals surface area contributed by atoms with Crippen LogP contribution < -0.4 is 21.1 Å². The molecule has 5 rings (SSSR count). The van der Waals surface area contributed by atoms with Crippen LogP contribution in [0, 0.1) is 0 Å². The monoisotopic (exact) mass is 476 g/mol. The van der Waals surface area contributed by atoms with E-state index in [-0.39, 0.29) is 12.1 Å². The largest absolute Gasteiger partial charge is 0.488 e. The fourth-order valence-electron chi connectivity index (χ4n) is 4.00. The Morgan fingerprint density at radius 2 is 1.91 bits per heavy atom. The summed E-state index contributed by atoms with van der Waals surface area (Å²) in [5.74, 6) is 1.08. The number of nitrogens with zero attached hydrogens (tertiary/aromatic N) is 3. The molecule has 1 aromatic heterocycles. The summed E-state index contributed by atoms with van der Waals surface area (Å²) in [5.41, 5.74) is 9.75. The van der Waals surface area contributed by atoms with Crippen LogP contribution in [0.25, 0.3) is 11.3 Å². The number of carbonyl (C=O) groups excluding carboxylic acids is 1. The van der Waals surface area contributed by atoms with Crippen LogP contribution in [0.5, 0.6) is 5.75 Å². The van der Waals surface area contributed by atoms with Crippen LogP contribution in [0.4, 0.5) is 27.8 Å². The summed E-state index contributed by atoms with van der Waals surface area (Å²) in [5, 5.41) is 15.4. The van der Waals surface area contributed by atoms with E-state index in [4.69, 9.17) is 15.2 Å². The van der Waals surface area contributed by atoms with E-state index in [0.29, 0.717) is 55.1 Å². The first kappa shape index (κ1) is 22.9. The fraction of sp³-hybridized carbons (Fsp3) is 0.320. The molecule has 2 aliphatic heterocycles. The zero-order chi connectivity index (χ0) is 24.2. The van der Waals surface area contributed by atoms with Gasteiger partial charge in [0.15, 0.2) is 0 Å².